The molecule has 0 aliphatic rings. The van der Waals surface area contributed by atoms with Crippen LogP contribution in [0.2, 0.25) is 0 Å². The first-order valence-electron chi connectivity index (χ1n) is 0. The van der Waals surface area contributed by atoms with Gasteiger partial charge >= 0.3 is 25.8 Å². The smallest absolute Gasteiger partial charge is 1.00 e. The van der Waals surface area contributed by atoms with Gasteiger partial charge in [0.2, 0.25) is 0 Å². The SMILES string of the molecule is F.F.F.N.[F-].[F-].[F-].[In+3]. The molecule has 0 spiro atoms. The van der Waals surface area contributed by atoms with Gasteiger partial charge in [0.15, 0.2) is 0 Å². The summed E-state index contributed by atoms with van der Waals surface area (Å²) in [4.78, 5) is 0. The van der Waals surface area contributed by atoms with E-state index in [0.29, 0.717) is 0 Å². The average Bonchev–Trinajstić information content (AvgIpc) is 0. The molecule has 0 heterocycles. The van der Waals surface area contributed by atoms with E-state index >= 15 is 0 Å². The predicted molar refractivity (Wildman–Crippen MR) is 18.3 cm³/mol. The maximum atomic E-state index is 0. The van der Waals surface area contributed by atoms with Crippen LogP contribution in [0.1, 0.15) is 0 Å². The van der Waals surface area contributed by atoms with E-state index in [9.17, 15) is 0 Å². The van der Waals surface area contributed by atoms with E-state index in [1.807, 2.05) is 0 Å². The van der Waals surface area contributed by atoms with Gasteiger partial charge in [-0.3, -0.25) is 14.1 Å². The fourth-order valence-corrected chi connectivity index (χ4v) is 0. The number of rotatable bonds is 0. The molecule has 0 saturated carbocycles. The Kier molecular flexibility index (Phi) is 621000. The molecule has 1 nitrogen and oxygen atoms in total. The molecule has 56 valence electrons. The molecule has 0 rings (SSSR count). The zero-order chi connectivity index (χ0) is 0. The first-order chi connectivity index (χ1) is 0. The standard InChI is InChI=1S/6FH.In.H3N/h6*1H;;1H3/q;;;;;;+3;/p-3. The first-order valence-corrected chi connectivity index (χ1v) is 0. The number of hydrogen-bond acceptors (Lipinski definition) is 1. The zero-order valence-electron chi connectivity index (χ0n) is 3.64. The second-order valence-electron chi connectivity index (χ2n) is 0. The molecule has 0 atom stereocenters. The van der Waals surface area contributed by atoms with Crippen molar-refractivity contribution in [2.45, 2.75) is 0 Å². The van der Waals surface area contributed by atoms with Gasteiger partial charge < -0.3 is 20.3 Å². The van der Waals surface area contributed by atoms with Gasteiger partial charge in [-0.15, -0.1) is 0 Å². The summed E-state index contributed by atoms with van der Waals surface area (Å²) >= 11 is 0. The van der Waals surface area contributed by atoms with Gasteiger partial charge in [-0.05, 0) is 0 Å². The summed E-state index contributed by atoms with van der Waals surface area (Å²) < 4.78 is 0. The average molecular weight is 249 g/mol. The predicted octanol–water partition coefficient (Wildman–Crippen LogP) is -8.75. The summed E-state index contributed by atoms with van der Waals surface area (Å²) in [5.41, 5.74) is 0. The molecule has 8 heavy (non-hydrogen) atoms. The molecule has 0 aromatic carbocycles. The van der Waals surface area contributed by atoms with E-state index in [4.69, 9.17) is 0 Å². The number of halogens is 6. The van der Waals surface area contributed by atoms with E-state index < -0.39 is 0 Å². The van der Waals surface area contributed by atoms with Crippen molar-refractivity contribution >= 4 is 25.8 Å². The molecular weight excluding hydrogens is 243 g/mol. The van der Waals surface area contributed by atoms with Crippen molar-refractivity contribution in [3.63, 3.8) is 0 Å². The van der Waals surface area contributed by atoms with Gasteiger partial charge in [0.1, 0.15) is 0 Å². The zero-order valence-corrected chi connectivity index (χ0v) is 6.94. The van der Waals surface area contributed by atoms with Crippen LogP contribution in [-0.4, -0.2) is 25.8 Å². The third-order valence-electron chi connectivity index (χ3n) is 0. The molecule has 8 heteroatoms. The van der Waals surface area contributed by atoms with Crippen LogP contribution in [0.25, 0.3) is 0 Å². The minimum atomic E-state index is 0. The second kappa shape index (κ2) is 1810. The quantitative estimate of drug-likeness (QED) is 0.425. The van der Waals surface area contributed by atoms with Crippen LogP contribution in [0.4, 0.5) is 14.1 Å². The molecule has 0 aliphatic carbocycles. The van der Waals surface area contributed by atoms with Crippen molar-refractivity contribution in [3.05, 3.63) is 0 Å². The van der Waals surface area contributed by atoms with Crippen molar-refractivity contribution in [3.8, 4) is 0 Å². The van der Waals surface area contributed by atoms with E-state index in [0.717, 1.165) is 0 Å². The minimum Gasteiger partial charge on any atom is -1.00 e. The monoisotopic (exact) mass is 249 g/mol. The summed E-state index contributed by atoms with van der Waals surface area (Å²) in [5, 5.41) is 0. The summed E-state index contributed by atoms with van der Waals surface area (Å²) in [5.74, 6) is 0. The molecule has 0 aromatic rings. The maximum absolute atomic E-state index is 0. The molecule has 0 aromatic heterocycles. The third kappa shape index (κ3) is 1120. The molecule has 0 bridgehead atoms. The van der Waals surface area contributed by atoms with Crippen LogP contribution in [-0.2, 0) is 0 Å². The van der Waals surface area contributed by atoms with Crippen LogP contribution in [0.15, 0.2) is 0 Å². The summed E-state index contributed by atoms with van der Waals surface area (Å²) in [6, 6.07) is 0. The van der Waals surface area contributed by atoms with Crippen LogP contribution in [0.5, 0.6) is 0 Å². The number of hydrogen-bond donors (Lipinski definition) is 1. The van der Waals surface area contributed by atoms with Gasteiger partial charge in [-0.2, -0.15) is 0 Å². The molecule has 0 unspecified atom stereocenters. The molecule has 0 radical (unpaired) electrons. The molecule has 0 fully saturated rings. The van der Waals surface area contributed by atoms with Crippen LogP contribution in [0, 0.1) is 0 Å². The third-order valence-corrected chi connectivity index (χ3v) is 0. The van der Waals surface area contributed by atoms with Crippen molar-refractivity contribution in [2.24, 2.45) is 0 Å². The van der Waals surface area contributed by atoms with Crippen molar-refractivity contribution < 1.29 is 28.2 Å². The van der Waals surface area contributed by atoms with Gasteiger partial charge in [-0.25, -0.2) is 0 Å². The van der Waals surface area contributed by atoms with Gasteiger partial charge in [-0.1, -0.05) is 0 Å². The van der Waals surface area contributed by atoms with Crippen LogP contribution in [0.3, 0.4) is 0 Å². The van der Waals surface area contributed by atoms with E-state index in [1.165, 1.54) is 0 Å². The van der Waals surface area contributed by atoms with Crippen LogP contribution >= 0.6 is 0 Å². The summed E-state index contributed by atoms with van der Waals surface area (Å²) in [6.07, 6.45) is 0. The van der Waals surface area contributed by atoms with Crippen molar-refractivity contribution in [2.75, 3.05) is 0 Å². The normalized spacial score (nSPS) is 0. The van der Waals surface area contributed by atoms with Gasteiger partial charge in [0.05, 0.1) is 0 Å². The fraction of sp³-hybridized carbons (Fsp3) is 0. The Bertz CT molecular complexity index is 8.49. The first kappa shape index (κ1) is 2750. The Morgan fingerprint density at radius 2 is 0.500 bits per heavy atom. The Morgan fingerprint density at radius 1 is 0.500 bits per heavy atom. The molecule has 0 saturated heterocycles. The fourth-order valence-electron chi connectivity index (χ4n) is 0. The van der Waals surface area contributed by atoms with E-state index in [-0.39, 0.29) is 60.2 Å². The summed E-state index contributed by atoms with van der Waals surface area (Å²) in [6.45, 7) is 0. The van der Waals surface area contributed by atoms with Crippen LogP contribution < -0.4 is 20.3 Å². The Morgan fingerprint density at radius 3 is 0.500 bits per heavy atom. The van der Waals surface area contributed by atoms with E-state index in [1.54, 1.807) is 0 Å². The van der Waals surface area contributed by atoms with Gasteiger partial charge in [0, 0.05) is 0 Å². The Labute approximate surface area is 60.8 Å². The Balaban J connectivity index is 0. The van der Waals surface area contributed by atoms with Crippen molar-refractivity contribution in [1.82, 2.24) is 6.15 Å². The molecule has 0 amide bonds. The van der Waals surface area contributed by atoms with Crippen molar-refractivity contribution in [1.29, 1.82) is 0 Å². The minimum absolute atomic E-state index is 0. The topological polar surface area (TPSA) is 35.0 Å². The molecular formula is H6F6InN. The van der Waals surface area contributed by atoms with Gasteiger partial charge in [0.25, 0.3) is 0 Å². The molecule has 0 aliphatic heterocycles. The second-order valence-corrected chi connectivity index (χ2v) is 0. The van der Waals surface area contributed by atoms with E-state index in [2.05, 4.69) is 0 Å². The maximum Gasteiger partial charge on any atom is 3.00 e. The Hall–Kier alpha value is 0.410. The summed E-state index contributed by atoms with van der Waals surface area (Å²) in [7, 11) is 0. The largest absolute Gasteiger partial charge is 3.00 e. The molecule has 3 N–H and O–H groups in total.